The van der Waals surface area contributed by atoms with E-state index in [-0.39, 0.29) is 17.4 Å². The van der Waals surface area contributed by atoms with Crippen LogP contribution in [-0.4, -0.2) is 34.8 Å². The van der Waals surface area contributed by atoms with E-state index < -0.39 is 17.7 Å². The number of furan rings is 1. The van der Waals surface area contributed by atoms with Crippen molar-refractivity contribution < 1.29 is 23.8 Å². The molecule has 0 spiro atoms. The molecule has 2 heterocycles. The van der Waals surface area contributed by atoms with Crippen LogP contribution in [0.1, 0.15) is 49.5 Å². The van der Waals surface area contributed by atoms with Gasteiger partial charge in [0.2, 0.25) is 0 Å². The molecule has 29 heavy (non-hydrogen) atoms. The number of carbonyl (C=O) groups is 2. The zero-order valence-electron chi connectivity index (χ0n) is 16.1. The molecule has 152 valence electrons. The third-order valence-corrected chi connectivity index (χ3v) is 5.98. The van der Waals surface area contributed by atoms with Gasteiger partial charge >= 0.3 is 0 Å². The van der Waals surface area contributed by atoms with Crippen LogP contribution in [0.2, 0.25) is 5.02 Å². The summed E-state index contributed by atoms with van der Waals surface area (Å²) in [5.74, 6) is -0.669. The van der Waals surface area contributed by atoms with Crippen LogP contribution in [0.3, 0.4) is 0 Å². The molecule has 2 fully saturated rings. The number of methoxy groups -OCH3 is 1. The highest BCUT2D eigenvalue weighted by atomic mass is 35.5. The van der Waals surface area contributed by atoms with Crippen molar-refractivity contribution in [2.75, 3.05) is 7.11 Å². The Bertz CT molecular complexity index is 960. The number of aliphatic hydroxyl groups is 1. The Morgan fingerprint density at radius 1 is 1.21 bits per heavy atom. The molecular weight excluding hydrogens is 394 g/mol. The Balaban J connectivity index is 1.83. The number of rotatable bonds is 4. The lowest BCUT2D eigenvalue weighted by atomic mass is 9.92. The number of Topliss-reactive ketones (excluding diaryl/α,β-unsaturated/α-hetero) is 1. The number of aliphatic hydroxyl groups excluding tert-OH is 1. The maximum absolute atomic E-state index is 13.0. The predicted octanol–water partition coefficient (Wildman–Crippen LogP) is 4.70. The highest BCUT2D eigenvalue weighted by molar-refractivity contribution is 6.46. The van der Waals surface area contributed by atoms with Gasteiger partial charge in [0.25, 0.3) is 11.7 Å². The SMILES string of the molecule is COc1ccc(/C(O)=C2/C(=O)C(=O)N(C3CCCCC3)C2c2ccco2)cc1Cl. The average Bonchev–Trinajstić information content (AvgIpc) is 3.35. The summed E-state index contributed by atoms with van der Waals surface area (Å²) in [6, 6.07) is 7.35. The summed E-state index contributed by atoms with van der Waals surface area (Å²) in [6.45, 7) is 0. The Labute approximate surface area is 173 Å². The van der Waals surface area contributed by atoms with Gasteiger partial charge in [0.15, 0.2) is 0 Å². The molecule has 2 aliphatic rings. The molecule has 4 rings (SSSR count). The summed E-state index contributed by atoms with van der Waals surface area (Å²) < 4.78 is 10.7. The second-order valence-corrected chi connectivity index (χ2v) is 7.77. The number of likely N-dealkylation sites (tertiary alicyclic amines) is 1. The van der Waals surface area contributed by atoms with E-state index in [0.29, 0.717) is 22.1 Å². The molecule has 1 saturated heterocycles. The van der Waals surface area contributed by atoms with Crippen LogP contribution < -0.4 is 4.74 Å². The van der Waals surface area contributed by atoms with Gasteiger partial charge in [0.1, 0.15) is 23.3 Å². The fourth-order valence-electron chi connectivity index (χ4n) is 4.28. The minimum Gasteiger partial charge on any atom is -0.507 e. The lowest BCUT2D eigenvalue weighted by Gasteiger charge is -2.34. The number of ether oxygens (including phenoxy) is 1. The van der Waals surface area contributed by atoms with Crippen LogP contribution >= 0.6 is 11.6 Å². The van der Waals surface area contributed by atoms with Crippen molar-refractivity contribution in [1.82, 2.24) is 4.90 Å². The first-order valence-corrected chi connectivity index (χ1v) is 10.1. The molecule has 7 heteroatoms. The minimum absolute atomic E-state index is 0.0248. The normalized spacial score (nSPS) is 22.3. The van der Waals surface area contributed by atoms with E-state index in [0.717, 1.165) is 32.1 Å². The quantitative estimate of drug-likeness (QED) is 0.445. The van der Waals surface area contributed by atoms with Crippen LogP contribution in [0, 0.1) is 0 Å². The summed E-state index contributed by atoms with van der Waals surface area (Å²) >= 11 is 6.19. The Hall–Kier alpha value is -2.73. The van der Waals surface area contributed by atoms with E-state index in [1.165, 1.54) is 19.4 Å². The third kappa shape index (κ3) is 3.42. The Kier molecular flexibility index (Phi) is 5.37. The van der Waals surface area contributed by atoms with Gasteiger partial charge in [-0.1, -0.05) is 30.9 Å². The number of nitrogens with zero attached hydrogens (tertiary/aromatic N) is 1. The Morgan fingerprint density at radius 3 is 2.59 bits per heavy atom. The monoisotopic (exact) mass is 415 g/mol. The van der Waals surface area contributed by atoms with Gasteiger partial charge < -0.3 is 19.2 Å². The summed E-state index contributed by atoms with van der Waals surface area (Å²) in [7, 11) is 1.49. The fraction of sp³-hybridized carbons (Fsp3) is 0.364. The van der Waals surface area contributed by atoms with Crippen molar-refractivity contribution >= 4 is 29.1 Å². The maximum Gasteiger partial charge on any atom is 0.296 e. The number of hydrogen-bond acceptors (Lipinski definition) is 5. The molecule has 0 bridgehead atoms. The molecule has 1 saturated carbocycles. The van der Waals surface area contributed by atoms with E-state index in [9.17, 15) is 14.7 Å². The second kappa shape index (κ2) is 7.95. The summed E-state index contributed by atoms with van der Waals surface area (Å²) in [5.41, 5.74) is 0.366. The van der Waals surface area contributed by atoms with Crippen molar-refractivity contribution in [3.63, 3.8) is 0 Å². The van der Waals surface area contributed by atoms with Crippen LogP contribution in [-0.2, 0) is 9.59 Å². The zero-order valence-corrected chi connectivity index (χ0v) is 16.8. The highest BCUT2D eigenvalue weighted by Gasteiger charge is 2.50. The summed E-state index contributed by atoms with van der Waals surface area (Å²) in [5, 5.41) is 11.3. The van der Waals surface area contributed by atoms with Crippen molar-refractivity contribution in [3.8, 4) is 5.75 Å². The number of benzene rings is 1. The number of amides is 1. The van der Waals surface area contributed by atoms with Crippen LogP contribution in [0.5, 0.6) is 5.75 Å². The van der Waals surface area contributed by atoms with E-state index in [4.69, 9.17) is 20.8 Å². The Morgan fingerprint density at radius 2 is 1.97 bits per heavy atom. The molecule has 1 atom stereocenters. The minimum atomic E-state index is -0.756. The fourth-order valence-corrected chi connectivity index (χ4v) is 4.54. The van der Waals surface area contributed by atoms with E-state index in [1.54, 1.807) is 29.2 Å². The largest absolute Gasteiger partial charge is 0.507 e. The van der Waals surface area contributed by atoms with E-state index in [1.807, 2.05) is 0 Å². The van der Waals surface area contributed by atoms with Crippen LogP contribution in [0.4, 0.5) is 0 Å². The third-order valence-electron chi connectivity index (χ3n) is 5.69. The highest BCUT2D eigenvalue weighted by Crippen LogP contribution is 2.43. The summed E-state index contributed by atoms with van der Waals surface area (Å²) in [6.07, 6.45) is 6.30. The number of hydrogen-bond donors (Lipinski definition) is 1. The van der Waals surface area contributed by atoms with Crippen molar-refractivity contribution in [2.24, 2.45) is 0 Å². The van der Waals surface area contributed by atoms with Crippen molar-refractivity contribution in [3.05, 3.63) is 58.5 Å². The standard InChI is InChI=1S/C22H22ClNO5/c1-28-16-10-9-13(12-15(16)23)20(25)18-19(17-8-5-11-29-17)24(22(27)21(18)26)14-6-3-2-4-7-14/h5,8-12,14,19,25H,2-4,6-7H2,1H3/b20-18-. The number of ketones is 1. The van der Waals surface area contributed by atoms with Crippen LogP contribution in [0.15, 0.2) is 46.6 Å². The molecule has 6 nitrogen and oxygen atoms in total. The van der Waals surface area contributed by atoms with Gasteiger partial charge in [-0.05, 0) is 43.2 Å². The molecule has 1 aromatic heterocycles. The molecule has 1 N–H and O–H groups in total. The molecule has 1 aromatic carbocycles. The zero-order chi connectivity index (χ0) is 20.5. The van der Waals surface area contributed by atoms with Crippen LogP contribution in [0.25, 0.3) is 5.76 Å². The van der Waals surface area contributed by atoms with Gasteiger partial charge in [0, 0.05) is 11.6 Å². The molecule has 1 aliphatic carbocycles. The molecule has 1 amide bonds. The molecule has 0 radical (unpaired) electrons. The first kappa shape index (κ1) is 19.6. The van der Waals surface area contributed by atoms with Crippen molar-refractivity contribution in [2.45, 2.75) is 44.2 Å². The lowest BCUT2D eigenvalue weighted by molar-refractivity contribution is -0.142. The van der Waals surface area contributed by atoms with E-state index >= 15 is 0 Å². The smallest absolute Gasteiger partial charge is 0.296 e. The predicted molar refractivity (Wildman–Crippen MR) is 108 cm³/mol. The molecule has 1 unspecified atom stereocenters. The maximum atomic E-state index is 13.0. The topological polar surface area (TPSA) is 80.0 Å². The van der Waals surface area contributed by atoms with Gasteiger partial charge in [0.05, 0.1) is 24.0 Å². The first-order valence-electron chi connectivity index (χ1n) is 9.70. The summed E-state index contributed by atoms with van der Waals surface area (Å²) in [4.78, 5) is 27.5. The van der Waals surface area contributed by atoms with Gasteiger partial charge in [-0.3, -0.25) is 9.59 Å². The molecular formula is C22H22ClNO5. The van der Waals surface area contributed by atoms with E-state index in [2.05, 4.69) is 0 Å². The first-order chi connectivity index (χ1) is 14.0. The molecule has 1 aliphatic heterocycles. The van der Waals surface area contributed by atoms with Gasteiger partial charge in [-0.2, -0.15) is 0 Å². The van der Waals surface area contributed by atoms with Gasteiger partial charge in [-0.25, -0.2) is 0 Å². The molecule has 2 aromatic rings. The lowest BCUT2D eigenvalue weighted by Crippen LogP contribution is -2.40. The van der Waals surface area contributed by atoms with Crippen molar-refractivity contribution in [1.29, 1.82) is 0 Å². The number of halogens is 1. The average molecular weight is 416 g/mol. The van der Waals surface area contributed by atoms with Gasteiger partial charge in [-0.15, -0.1) is 0 Å². The second-order valence-electron chi connectivity index (χ2n) is 7.36. The number of carbonyl (C=O) groups excluding carboxylic acids is 2.